The van der Waals surface area contributed by atoms with Gasteiger partial charge in [-0.15, -0.1) is 0 Å². The standard InChI is InChI=1S/C24H35N3O3/c1-18(2)17-25-22(28)15-19-16-24(30-21-8-4-3-7-20(19)21)9-13-27(14-10-24)23(29)26-11-5-6-12-26/h3-4,7-8,18-19H,5-6,9-17H2,1-2H3,(H,25,28)/t19-/m0/s1. The van der Waals surface area contributed by atoms with Crippen molar-refractivity contribution in [2.75, 3.05) is 32.7 Å². The highest BCUT2D eigenvalue weighted by molar-refractivity contribution is 5.77. The molecule has 6 nitrogen and oxygen atoms in total. The minimum atomic E-state index is -0.279. The van der Waals surface area contributed by atoms with Gasteiger partial charge in [-0.2, -0.15) is 0 Å². The highest BCUT2D eigenvalue weighted by atomic mass is 16.5. The summed E-state index contributed by atoms with van der Waals surface area (Å²) in [6.07, 6.45) is 5.21. The predicted octanol–water partition coefficient (Wildman–Crippen LogP) is 3.77. The summed E-state index contributed by atoms with van der Waals surface area (Å²) in [4.78, 5) is 29.3. The Kier molecular flexibility index (Phi) is 6.21. The van der Waals surface area contributed by atoms with Crippen molar-refractivity contribution in [3.63, 3.8) is 0 Å². The van der Waals surface area contributed by atoms with Crippen molar-refractivity contribution in [2.24, 2.45) is 5.92 Å². The van der Waals surface area contributed by atoms with E-state index in [1.807, 2.05) is 28.0 Å². The van der Waals surface area contributed by atoms with E-state index < -0.39 is 0 Å². The van der Waals surface area contributed by atoms with Gasteiger partial charge in [-0.1, -0.05) is 32.0 Å². The summed E-state index contributed by atoms with van der Waals surface area (Å²) in [5.74, 6) is 1.62. The Hall–Kier alpha value is -2.24. The lowest BCUT2D eigenvalue weighted by Gasteiger charge is -2.47. The summed E-state index contributed by atoms with van der Waals surface area (Å²) in [5, 5.41) is 3.07. The van der Waals surface area contributed by atoms with Gasteiger partial charge in [-0.05, 0) is 36.8 Å². The Morgan fingerprint density at radius 3 is 2.47 bits per heavy atom. The second-order valence-electron chi connectivity index (χ2n) is 9.59. The number of nitrogens with one attached hydrogen (secondary N) is 1. The zero-order chi connectivity index (χ0) is 21.1. The Morgan fingerprint density at radius 1 is 1.10 bits per heavy atom. The molecule has 4 rings (SSSR count). The van der Waals surface area contributed by atoms with E-state index in [0.717, 1.165) is 69.6 Å². The van der Waals surface area contributed by atoms with Gasteiger partial charge in [-0.3, -0.25) is 4.79 Å². The van der Waals surface area contributed by atoms with Gasteiger partial charge in [0.15, 0.2) is 0 Å². The lowest BCUT2D eigenvalue weighted by molar-refractivity contribution is -0.122. The van der Waals surface area contributed by atoms with Gasteiger partial charge in [0.25, 0.3) is 0 Å². The number of likely N-dealkylation sites (tertiary alicyclic amines) is 2. The number of fused-ring (bicyclic) bond motifs is 1. The van der Waals surface area contributed by atoms with Crippen LogP contribution < -0.4 is 10.1 Å². The molecule has 3 aliphatic heterocycles. The van der Waals surface area contributed by atoms with E-state index in [2.05, 4.69) is 25.2 Å². The predicted molar refractivity (Wildman–Crippen MR) is 117 cm³/mol. The molecule has 3 aliphatic rings. The van der Waals surface area contributed by atoms with Gasteiger partial charge in [0.05, 0.1) is 0 Å². The molecule has 1 N–H and O–H groups in total. The summed E-state index contributed by atoms with van der Waals surface area (Å²) < 4.78 is 6.54. The van der Waals surface area contributed by atoms with Crippen molar-refractivity contribution in [3.05, 3.63) is 29.8 Å². The first-order valence-electron chi connectivity index (χ1n) is 11.5. The lowest BCUT2D eigenvalue weighted by atomic mass is 9.76. The largest absolute Gasteiger partial charge is 0.487 e. The summed E-state index contributed by atoms with van der Waals surface area (Å²) >= 11 is 0. The summed E-state index contributed by atoms with van der Waals surface area (Å²) in [6.45, 7) is 8.15. The maximum absolute atomic E-state index is 12.8. The average Bonchev–Trinajstić information content (AvgIpc) is 3.27. The third-order valence-corrected chi connectivity index (χ3v) is 6.76. The Balaban J connectivity index is 1.43. The number of ether oxygens (including phenoxy) is 1. The third kappa shape index (κ3) is 4.57. The maximum Gasteiger partial charge on any atom is 0.320 e. The van der Waals surface area contributed by atoms with Crippen LogP contribution in [0.25, 0.3) is 0 Å². The van der Waals surface area contributed by atoms with E-state index in [9.17, 15) is 9.59 Å². The van der Waals surface area contributed by atoms with E-state index in [-0.39, 0.29) is 23.5 Å². The van der Waals surface area contributed by atoms with Gasteiger partial charge < -0.3 is 19.9 Å². The molecular formula is C24H35N3O3. The van der Waals surface area contributed by atoms with Crippen LogP contribution in [0.4, 0.5) is 4.79 Å². The number of carbonyl (C=O) groups excluding carboxylic acids is 2. The Morgan fingerprint density at radius 2 is 1.77 bits per heavy atom. The molecule has 6 heteroatoms. The Bertz CT molecular complexity index is 765. The smallest absolute Gasteiger partial charge is 0.320 e. The molecule has 3 heterocycles. The van der Waals surface area contributed by atoms with Crippen LogP contribution in [0.5, 0.6) is 5.75 Å². The molecule has 1 atom stereocenters. The number of nitrogens with zero attached hydrogens (tertiary/aromatic N) is 2. The van der Waals surface area contributed by atoms with Gasteiger partial charge in [0.1, 0.15) is 11.4 Å². The summed E-state index contributed by atoms with van der Waals surface area (Å²) in [7, 11) is 0. The number of carbonyl (C=O) groups is 2. The van der Waals surface area contributed by atoms with Crippen LogP contribution >= 0.6 is 0 Å². The van der Waals surface area contributed by atoms with Crippen molar-refractivity contribution in [2.45, 2.75) is 63.9 Å². The average molecular weight is 414 g/mol. The lowest BCUT2D eigenvalue weighted by Crippen LogP contribution is -2.54. The highest BCUT2D eigenvalue weighted by Gasteiger charge is 2.44. The number of amides is 3. The van der Waals surface area contributed by atoms with Gasteiger partial charge in [-0.25, -0.2) is 4.79 Å². The zero-order valence-electron chi connectivity index (χ0n) is 18.4. The molecule has 0 radical (unpaired) electrons. The molecule has 1 aromatic rings. The molecule has 0 saturated carbocycles. The van der Waals surface area contributed by atoms with Crippen LogP contribution in [0.1, 0.15) is 63.9 Å². The first-order valence-corrected chi connectivity index (χ1v) is 11.5. The normalized spacial score (nSPS) is 22.7. The number of hydrogen-bond acceptors (Lipinski definition) is 3. The number of urea groups is 1. The minimum Gasteiger partial charge on any atom is -0.487 e. The van der Waals surface area contributed by atoms with Crippen LogP contribution in [0.2, 0.25) is 0 Å². The molecule has 30 heavy (non-hydrogen) atoms. The molecular weight excluding hydrogens is 378 g/mol. The number of rotatable bonds is 4. The van der Waals surface area contributed by atoms with E-state index in [1.54, 1.807) is 0 Å². The highest BCUT2D eigenvalue weighted by Crippen LogP contribution is 2.46. The maximum atomic E-state index is 12.8. The van der Waals surface area contributed by atoms with Crippen LogP contribution in [-0.4, -0.2) is 60.1 Å². The summed E-state index contributed by atoms with van der Waals surface area (Å²) in [5.41, 5.74) is 0.859. The molecule has 1 aromatic carbocycles. The molecule has 164 valence electrons. The van der Waals surface area contributed by atoms with Crippen molar-refractivity contribution in [1.29, 1.82) is 0 Å². The van der Waals surface area contributed by atoms with Gasteiger partial charge in [0, 0.05) is 57.9 Å². The van der Waals surface area contributed by atoms with Crippen molar-refractivity contribution >= 4 is 11.9 Å². The van der Waals surface area contributed by atoms with Crippen molar-refractivity contribution in [1.82, 2.24) is 15.1 Å². The molecule has 2 fully saturated rings. The molecule has 0 aromatic heterocycles. The quantitative estimate of drug-likeness (QED) is 0.817. The number of benzene rings is 1. The Labute approximate surface area is 179 Å². The number of para-hydroxylation sites is 1. The monoisotopic (exact) mass is 413 g/mol. The molecule has 0 bridgehead atoms. The molecule has 0 aliphatic carbocycles. The van der Waals surface area contributed by atoms with Crippen LogP contribution in [0.3, 0.4) is 0 Å². The van der Waals surface area contributed by atoms with Gasteiger partial charge >= 0.3 is 6.03 Å². The van der Waals surface area contributed by atoms with Crippen LogP contribution in [-0.2, 0) is 4.79 Å². The molecule has 1 spiro atoms. The first kappa shape index (κ1) is 21.0. The fourth-order valence-electron chi connectivity index (χ4n) is 5.06. The second kappa shape index (κ2) is 8.86. The zero-order valence-corrected chi connectivity index (χ0v) is 18.4. The molecule has 0 unspecified atom stereocenters. The van der Waals surface area contributed by atoms with E-state index >= 15 is 0 Å². The topological polar surface area (TPSA) is 61.9 Å². The second-order valence-corrected chi connectivity index (χ2v) is 9.59. The van der Waals surface area contributed by atoms with E-state index in [4.69, 9.17) is 4.74 Å². The van der Waals surface area contributed by atoms with E-state index in [0.29, 0.717) is 18.9 Å². The van der Waals surface area contributed by atoms with E-state index in [1.165, 1.54) is 0 Å². The number of piperidine rings is 1. The first-order chi connectivity index (χ1) is 14.5. The van der Waals surface area contributed by atoms with Crippen LogP contribution in [0, 0.1) is 5.92 Å². The third-order valence-electron chi connectivity index (χ3n) is 6.76. The molecule has 3 amide bonds. The van der Waals surface area contributed by atoms with Crippen molar-refractivity contribution < 1.29 is 14.3 Å². The van der Waals surface area contributed by atoms with Crippen molar-refractivity contribution in [3.8, 4) is 5.75 Å². The fourth-order valence-corrected chi connectivity index (χ4v) is 5.06. The number of hydrogen-bond donors (Lipinski definition) is 1. The fraction of sp³-hybridized carbons (Fsp3) is 0.667. The van der Waals surface area contributed by atoms with Gasteiger partial charge in [0.2, 0.25) is 5.91 Å². The van der Waals surface area contributed by atoms with Crippen LogP contribution in [0.15, 0.2) is 24.3 Å². The summed E-state index contributed by atoms with van der Waals surface area (Å²) in [6, 6.07) is 8.32. The molecule has 2 saturated heterocycles. The SMILES string of the molecule is CC(C)CNC(=O)C[C@H]1CC2(CCN(C(=O)N3CCCC3)CC2)Oc2ccccc21. The minimum absolute atomic E-state index is 0.113.